The zero-order valence-electron chi connectivity index (χ0n) is 10.4. The van der Waals surface area contributed by atoms with Crippen LogP contribution in [0, 0.1) is 19.8 Å². The largest absolute Gasteiger partial charge is 0.312 e. The molecule has 3 rings (SSSR count). The molecular formula is C13H19N2OP. The van der Waals surface area contributed by atoms with Crippen LogP contribution in [0.1, 0.15) is 29.2 Å². The molecule has 1 unspecified atom stereocenters. The molecule has 1 saturated heterocycles. The normalized spacial score (nSPS) is 27.9. The van der Waals surface area contributed by atoms with E-state index in [1.807, 2.05) is 11.5 Å². The average Bonchev–Trinajstić information content (AvgIpc) is 2.24. The van der Waals surface area contributed by atoms with Gasteiger partial charge in [0.05, 0.1) is 0 Å². The van der Waals surface area contributed by atoms with E-state index in [0.717, 1.165) is 25.2 Å². The predicted molar refractivity (Wildman–Crippen MR) is 72.3 cm³/mol. The molecule has 1 aromatic heterocycles. The molecular weight excluding hydrogens is 231 g/mol. The van der Waals surface area contributed by atoms with E-state index in [1.165, 1.54) is 17.7 Å². The molecule has 0 N–H and O–H groups in total. The summed E-state index contributed by atoms with van der Waals surface area (Å²) in [6, 6.07) is 2.05. The maximum atomic E-state index is 12.2. The van der Waals surface area contributed by atoms with Crippen molar-refractivity contribution >= 4 is 9.39 Å². The Labute approximate surface area is 104 Å². The highest BCUT2D eigenvalue weighted by Gasteiger charge is 2.34. The van der Waals surface area contributed by atoms with Gasteiger partial charge in [0.15, 0.2) is 0 Å². The number of hydrogen-bond donors (Lipinski definition) is 0. The van der Waals surface area contributed by atoms with Crippen molar-refractivity contribution in [2.45, 2.75) is 32.7 Å². The minimum absolute atomic E-state index is 0.220. The van der Waals surface area contributed by atoms with E-state index in [1.54, 1.807) is 0 Å². The van der Waals surface area contributed by atoms with E-state index in [4.69, 9.17) is 0 Å². The van der Waals surface area contributed by atoms with Crippen molar-refractivity contribution < 1.29 is 0 Å². The Kier molecular flexibility index (Phi) is 2.64. The molecule has 2 bridgehead atoms. The molecule has 92 valence electrons. The minimum Gasteiger partial charge on any atom is -0.312 e. The Balaban J connectivity index is 2.18. The van der Waals surface area contributed by atoms with Crippen molar-refractivity contribution in [2.24, 2.45) is 5.92 Å². The number of pyridine rings is 1. The fourth-order valence-corrected chi connectivity index (χ4v) is 4.10. The van der Waals surface area contributed by atoms with Crippen LogP contribution in [0.2, 0.25) is 0 Å². The third kappa shape index (κ3) is 1.76. The lowest BCUT2D eigenvalue weighted by molar-refractivity contribution is 0.195. The Morgan fingerprint density at radius 1 is 1.24 bits per heavy atom. The van der Waals surface area contributed by atoms with Gasteiger partial charge in [-0.3, -0.25) is 9.46 Å². The van der Waals surface area contributed by atoms with Crippen LogP contribution in [0.3, 0.4) is 0 Å². The Morgan fingerprint density at radius 2 is 2.00 bits per heavy atom. The van der Waals surface area contributed by atoms with Crippen LogP contribution in [0.15, 0.2) is 10.9 Å². The number of aryl methyl sites for hydroxylation is 2. The second-order valence-corrected chi connectivity index (χ2v) is 6.29. The summed E-state index contributed by atoms with van der Waals surface area (Å²) in [5.74, 6) is 1.17. The first kappa shape index (κ1) is 11.4. The molecule has 0 amide bonds. The predicted octanol–water partition coefficient (Wildman–Crippen LogP) is 1.67. The maximum Gasteiger partial charge on any atom is 0.253 e. The monoisotopic (exact) mass is 250 g/mol. The smallest absolute Gasteiger partial charge is 0.253 e. The van der Waals surface area contributed by atoms with Gasteiger partial charge in [-0.2, -0.15) is 0 Å². The molecule has 4 heteroatoms. The van der Waals surface area contributed by atoms with Gasteiger partial charge in [-0.15, -0.1) is 0 Å². The molecule has 3 heterocycles. The SMILES string of the molecule is Cc1cc(C)c(=O)n2c1[C@H]1C[C@H](CN(P)C1)C2. The first-order valence-corrected chi connectivity index (χ1v) is 6.78. The minimum atomic E-state index is 0.220. The Bertz CT molecular complexity index is 523. The molecule has 3 nitrogen and oxygen atoms in total. The standard InChI is InChI=1S/C13H19N2OP/c1-8-3-9(2)13(16)15-6-10-4-11(12(8)15)7-14(17)5-10/h3,10-11H,4-7,17H2,1-2H3/t10-,11+/m1/s1. The van der Waals surface area contributed by atoms with Crippen LogP contribution in [0.4, 0.5) is 0 Å². The van der Waals surface area contributed by atoms with Gasteiger partial charge in [0.2, 0.25) is 0 Å². The first-order valence-electron chi connectivity index (χ1n) is 6.27. The van der Waals surface area contributed by atoms with E-state index < -0.39 is 0 Å². The molecule has 0 radical (unpaired) electrons. The van der Waals surface area contributed by atoms with Gasteiger partial charge in [0, 0.05) is 36.8 Å². The van der Waals surface area contributed by atoms with Gasteiger partial charge in [-0.05, 0) is 37.8 Å². The third-order valence-corrected chi connectivity index (χ3v) is 4.52. The summed E-state index contributed by atoms with van der Waals surface area (Å²) < 4.78 is 4.37. The van der Waals surface area contributed by atoms with Crippen LogP contribution < -0.4 is 5.56 Å². The highest BCUT2D eigenvalue weighted by atomic mass is 31.0. The van der Waals surface area contributed by atoms with Gasteiger partial charge in [0.1, 0.15) is 0 Å². The number of nitrogens with zero attached hydrogens (tertiary/aromatic N) is 2. The molecule has 2 aliphatic heterocycles. The summed E-state index contributed by atoms with van der Waals surface area (Å²) in [4.78, 5) is 12.2. The van der Waals surface area contributed by atoms with Crippen molar-refractivity contribution in [3.05, 3.63) is 33.2 Å². The van der Waals surface area contributed by atoms with Crippen molar-refractivity contribution in [1.82, 2.24) is 9.24 Å². The zero-order chi connectivity index (χ0) is 12.2. The third-order valence-electron chi connectivity index (χ3n) is 4.10. The zero-order valence-corrected chi connectivity index (χ0v) is 11.6. The molecule has 0 aromatic carbocycles. The van der Waals surface area contributed by atoms with Crippen molar-refractivity contribution in [3.63, 3.8) is 0 Å². The quantitative estimate of drug-likeness (QED) is 0.654. The van der Waals surface area contributed by atoms with Crippen LogP contribution >= 0.6 is 9.39 Å². The molecule has 0 spiro atoms. The number of aromatic nitrogens is 1. The van der Waals surface area contributed by atoms with Crippen molar-refractivity contribution in [3.8, 4) is 0 Å². The van der Waals surface area contributed by atoms with E-state index >= 15 is 0 Å². The molecule has 1 aromatic rings. The van der Waals surface area contributed by atoms with Crippen molar-refractivity contribution in [1.29, 1.82) is 0 Å². The second kappa shape index (κ2) is 3.93. The lowest BCUT2D eigenvalue weighted by atomic mass is 9.82. The number of rotatable bonds is 0. The van der Waals surface area contributed by atoms with E-state index in [-0.39, 0.29) is 5.56 Å². The van der Waals surface area contributed by atoms with E-state index in [0.29, 0.717) is 11.8 Å². The fourth-order valence-electron chi connectivity index (χ4n) is 3.55. The molecule has 1 fully saturated rings. The van der Waals surface area contributed by atoms with E-state index in [2.05, 4.69) is 27.1 Å². The van der Waals surface area contributed by atoms with Gasteiger partial charge in [-0.25, -0.2) is 0 Å². The highest BCUT2D eigenvalue weighted by Crippen LogP contribution is 2.37. The second-order valence-electron chi connectivity index (χ2n) is 5.56. The first-order chi connectivity index (χ1) is 8.06. The van der Waals surface area contributed by atoms with Crippen LogP contribution in [0.25, 0.3) is 0 Å². The lowest BCUT2D eigenvalue weighted by Gasteiger charge is -2.42. The number of fused-ring (bicyclic) bond motifs is 4. The lowest BCUT2D eigenvalue weighted by Crippen LogP contribution is -2.44. The summed E-state index contributed by atoms with van der Waals surface area (Å²) in [7, 11) is 2.82. The van der Waals surface area contributed by atoms with Crippen LogP contribution in [-0.2, 0) is 6.54 Å². The van der Waals surface area contributed by atoms with Gasteiger partial charge >= 0.3 is 0 Å². The molecule has 0 aliphatic carbocycles. The fraction of sp³-hybridized carbons (Fsp3) is 0.615. The maximum absolute atomic E-state index is 12.2. The van der Waals surface area contributed by atoms with E-state index in [9.17, 15) is 4.79 Å². The molecule has 0 saturated carbocycles. The van der Waals surface area contributed by atoms with Crippen LogP contribution in [-0.4, -0.2) is 22.3 Å². The van der Waals surface area contributed by atoms with Gasteiger partial charge < -0.3 is 4.57 Å². The van der Waals surface area contributed by atoms with Crippen molar-refractivity contribution in [2.75, 3.05) is 13.1 Å². The van der Waals surface area contributed by atoms with Gasteiger partial charge in [0.25, 0.3) is 5.56 Å². The molecule has 17 heavy (non-hydrogen) atoms. The topological polar surface area (TPSA) is 25.2 Å². The Hall–Kier alpha value is -0.660. The highest BCUT2D eigenvalue weighted by molar-refractivity contribution is 7.13. The number of hydrogen-bond acceptors (Lipinski definition) is 2. The summed E-state index contributed by atoms with van der Waals surface area (Å²) in [6.45, 7) is 7.12. The summed E-state index contributed by atoms with van der Waals surface area (Å²) in [5, 5.41) is 0. The molecule has 3 atom stereocenters. The summed E-state index contributed by atoms with van der Waals surface area (Å²) in [6.07, 6.45) is 1.24. The van der Waals surface area contributed by atoms with Crippen LogP contribution in [0.5, 0.6) is 0 Å². The number of piperidine rings is 1. The summed E-state index contributed by atoms with van der Waals surface area (Å²) >= 11 is 0. The molecule has 2 aliphatic rings. The Morgan fingerprint density at radius 3 is 2.76 bits per heavy atom. The average molecular weight is 250 g/mol. The van der Waals surface area contributed by atoms with Gasteiger partial charge in [-0.1, -0.05) is 9.39 Å². The summed E-state index contributed by atoms with van der Waals surface area (Å²) in [5.41, 5.74) is 3.67.